The monoisotopic (exact) mass is 368 g/mol. The van der Waals surface area contributed by atoms with Gasteiger partial charge in [0, 0.05) is 13.2 Å². The van der Waals surface area contributed by atoms with Crippen LogP contribution in [-0.4, -0.2) is 48.2 Å². The van der Waals surface area contributed by atoms with Crippen molar-refractivity contribution < 1.29 is 24.1 Å². The van der Waals surface area contributed by atoms with Crippen LogP contribution in [0.4, 0.5) is 0 Å². The summed E-state index contributed by atoms with van der Waals surface area (Å²) in [5.41, 5.74) is 0.685. The highest BCUT2D eigenvalue weighted by Crippen LogP contribution is 2.48. The van der Waals surface area contributed by atoms with Crippen molar-refractivity contribution in [2.75, 3.05) is 13.2 Å². The Balaban J connectivity index is 3.53. The highest BCUT2D eigenvalue weighted by atomic mass is 16.7. The quantitative estimate of drug-likeness (QED) is 0.464. The topological polar surface area (TPSA) is 57.2 Å². The minimum Gasteiger partial charge on any atom is -0.385 e. The lowest BCUT2D eigenvalue weighted by molar-refractivity contribution is -0.265. The smallest absolute Gasteiger partial charge is 0.156 e. The molecule has 150 valence electrons. The third-order valence-corrected chi connectivity index (χ3v) is 5.17. The molecule has 1 rings (SSSR count). The molecule has 0 saturated heterocycles. The molecule has 5 unspecified atom stereocenters. The van der Waals surface area contributed by atoms with Crippen molar-refractivity contribution in [3.8, 4) is 0 Å². The predicted molar refractivity (Wildman–Crippen MR) is 104 cm³/mol. The molecule has 1 aliphatic carbocycles. The van der Waals surface area contributed by atoms with Gasteiger partial charge in [0.2, 0.25) is 0 Å². The average Bonchev–Trinajstić information content (AvgIpc) is 2.57. The number of rotatable bonds is 10. The Bertz CT molecular complexity index is 553. The SMILES string of the molecule is C=CC(C)(OC(C)OCC)C1(OC(C)OCC)C(C)=CC(O)C(C)=C1C. The van der Waals surface area contributed by atoms with Crippen molar-refractivity contribution in [1.29, 1.82) is 0 Å². The molecule has 1 N–H and O–H groups in total. The largest absolute Gasteiger partial charge is 0.385 e. The molecule has 0 fully saturated rings. The van der Waals surface area contributed by atoms with Crippen LogP contribution in [0.5, 0.6) is 0 Å². The molecule has 0 aromatic heterocycles. The Kier molecular flexibility index (Phi) is 8.24. The van der Waals surface area contributed by atoms with Crippen molar-refractivity contribution in [1.82, 2.24) is 0 Å². The van der Waals surface area contributed by atoms with E-state index in [1.165, 1.54) is 0 Å². The molecular formula is C21H36O5. The summed E-state index contributed by atoms with van der Waals surface area (Å²) in [5.74, 6) is 0. The van der Waals surface area contributed by atoms with E-state index < -0.39 is 29.9 Å². The molecule has 5 nitrogen and oxygen atoms in total. The van der Waals surface area contributed by atoms with Crippen LogP contribution in [0.15, 0.2) is 35.5 Å². The Morgan fingerprint density at radius 2 is 1.73 bits per heavy atom. The maximum absolute atomic E-state index is 10.4. The minimum atomic E-state index is -0.960. The van der Waals surface area contributed by atoms with Crippen LogP contribution in [0.3, 0.4) is 0 Å². The van der Waals surface area contributed by atoms with E-state index in [-0.39, 0.29) is 0 Å². The Labute approximate surface area is 158 Å². The Morgan fingerprint density at radius 1 is 1.19 bits per heavy atom. The molecule has 0 aromatic carbocycles. The van der Waals surface area contributed by atoms with Gasteiger partial charge in [-0.05, 0) is 78.2 Å². The van der Waals surface area contributed by atoms with E-state index >= 15 is 0 Å². The third-order valence-electron chi connectivity index (χ3n) is 5.17. The van der Waals surface area contributed by atoms with E-state index in [9.17, 15) is 5.11 Å². The highest BCUT2D eigenvalue weighted by molar-refractivity contribution is 5.47. The molecule has 5 heteroatoms. The van der Waals surface area contributed by atoms with Crippen LogP contribution < -0.4 is 0 Å². The number of aliphatic hydroxyl groups is 1. The first kappa shape index (κ1) is 23.1. The number of hydrogen-bond donors (Lipinski definition) is 1. The summed E-state index contributed by atoms with van der Waals surface area (Å²) in [6, 6.07) is 0. The summed E-state index contributed by atoms with van der Waals surface area (Å²) in [6.45, 7) is 20.4. The van der Waals surface area contributed by atoms with Gasteiger partial charge in [0.25, 0.3) is 0 Å². The second-order valence-corrected chi connectivity index (χ2v) is 6.88. The first-order valence-electron chi connectivity index (χ1n) is 9.36. The van der Waals surface area contributed by atoms with Crippen LogP contribution in [0, 0.1) is 0 Å². The van der Waals surface area contributed by atoms with Gasteiger partial charge < -0.3 is 24.1 Å². The summed E-state index contributed by atoms with van der Waals surface area (Å²) in [6.07, 6.45) is 1.99. The summed E-state index contributed by atoms with van der Waals surface area (Å²) >= 11 is 0. The van der Waals surface area contributed by atoms with Crippen LogP contribution >= 0.6 is 0 Å². The first-order valence-corrected chi connectivity index (χ1v) is 9.36. The van der Waals surface area contributed by atoms with Crippen LogP contribution in [-0.2, 0) is 18.9 Å². The zero-order valence-corrected chi connectivity index (χ0v) is 17.6. The number of ether oxygens (including phenoxy) is 4. The molecule has 5 atom stereocenters. The van der Waals surface area contributed by atoms with Gasteiger partial charge in [-0.2, -0.15) is 0 Å². The normalized spacial score (nSPS) is 28.3. The summed E-state index contributed by atoms with van der Waals surface area (Å²) in [7, 11) is 0. The van der Waals surface area contributed by atoms with Gasteiger partial charge in [-0.15, -0.1) is 6.58 Å². The predicted octanol–water partition coefficient (Wildman–Crippen LogP) is 4.13. The van der Waals surface area contributed by atoms with E-state index in [0.29, 0.717) is 13.2 Å². The minimum absolute atomic E-state index is 0.446. The van der Waals surface area contributed by atoms with Crippen molar-refractivity contribution >= 4 is 0 Å². The van der Waals surface area contributed by atoms with E-state index in [1.54, 1.807) is 12.2 Å². The van der Waals surface area contributed by atoms with E-state index in [1.807, 2.05) is 55.4 Å². The van der Waals surface area contributed by atoms with Crippen molar-refractivity contribution in [3.05, 3.63) is 35.5 Å². The van der Waals surface area contributed by atoms with Gasteiger partial charge in [0.05, 0.1) is 6.10 Å². The van der Waals surface area contributed by atoms with Crippen LogP contribution in [0.25, 0.3) is 0 Å². The fraction of sp³-hybridized carbons (Fsp3) is 0.714. The number of aliphatic hydroxyl groups excluding tert-OH is 1. The molecule has 0 bridgehead atoms. The molecule has 1 aliphatic rings. The maximum Gasteiger partial charge on any atom is 0.156 e. The molecule has 26 heavy (non-hydrogen) atoms. The lowest BCUT2D eigenvalue weighted by Crippen LogP contribution is -2.60. The van der Waals surface area contributed by atoms with Crippen LogP contribution in [0.2, 0.25) is 0 Å². The summed E-state index contributed by atoms with van der Waals surface area (Å²) in [5, 5.41) is 10.4. The molecule has 0 aliphatic heterocycles. The van der Waals surface area contributed by atoms with E-state index in [0.717, 1.165) is 16.7 Å². The van der Waals surface area contributed by atoms with E-state index in [2.05, 4.69) is 6.58 Å². The fourth-order valence-electron chi connectivity index (χ4n) is 3.74. The lowest BCUT2D eigenvalue weighted by atomic mass is 9.68. The molecule has 0 heterocycles. The fourth-order valence-corrected chi connectivity index (χ4v) is 3.74. The maximum atomic E-state index is 10.4. The van der Waals surface area contributed by atoms with Crippen LogP contribution in [0.1, 0.15) is 55.4 Å². The highest BCUT2D eigenvalue weighted by Gasteiger charge is 2.55. The second-order valence-electron chi connectivity index (χ2n) is 6.88. The summed E-state index contributed by atoms with van der Waals surface area (Å²) in [4.78, 5) is 0. The van der Waals surface area contributed by atoms with E-state index in [4.69, 9.17) is 18.9 Å². The molecular weight excluding hydrogens is 332 g/mol. The summed E-state index contributed by atoms with van der Waals surface area (Å²) < 4.78 is 24.1. The van der Waals surface area contributed by atoms with Gasteiger partial charge >= 0.3 is 0 Å². The Hall–Kier alpha value is -0.980. The molecule has 0 spiro atoms. The standard InChI is InChI=1S/C21H36O5/c1-10-20(9,25-17(7)23-11-2)21(26-18(8)24-12-3)14(4)13-19(22)15(5)16(21)6/h10,13,17-19,22H,1,11-12H2,2-9H3. The van der Waals surface area contributed by atoms with Gasteiger partial charge in [0.1, 0.15) is 11.2 Å². The zero-order chi connectivity index (χ0) is 20.1. The average molecular weight is 369 g/mol. The third kappa shape index (κ3) is 4.29. The van der Waals surface area contributed by atoms with Gasteiger partial charge in [-0.25, -0.2) is 0 Å². The molecule has 0 amide bonds. The number of hydrogen-bond acceptors (Lipinski definition) is 5. The van der Waals surface area contributed by atoms with Crippen molar-refractivity contribution in [3.63, 3.8) is 0 Å². The molecule has 0 aromatic rings. The lowest BCUT2D eigenvalue weighted by Gasteiger charge is -2.52. The van der Waals surface area contributed by atoms with Gasteiger partial charge in [-0.1, -0.05) is 6.08 Å². The molecule has 0 radical (unpaired) electrons. The Morgan fingerprint density at radius 3 is 2.23 bits per heavy atom. The van der Waals surface area contributed by atoms with Gasteiger partial charge in [-0.3, -0.25) is 0 Å². The zero-order valence-electron chi connectivity index (χ0n) is 17.6. The molecule has 0 saturated carbocycles. The van der Waals surface area contributed by atoms with Gasteiger partial charge in [0.15, 0.2) is 12.6 Å². The second kappa shape index (κ2) is 9.29. The van der Waals surface area contributed by atoms with Crippen molar-refractivity contribution in [2.24, 2.45) is 0 Å². The first-order chi connectivity index (χ1) is 12.1. The van der Waals surface area contributed by atoms with Crippen molar-refractivity contribution in [2.45, 2.75) is 85.3 Å².